The third-order valence-corrected chi connectivity index (χ3v) is 5.76. The van der Waals surface area contributed by atoms with Crippen molar-refractivity contribution >= 4 is 17.2 Å². The molecule has 2 heterocycles. The number of carbonyl (C=O) groups is 1. The molecule has 1 aliphatic rings. The van der Waals surface area contributed by atoms with Gasteiger partial charge in [-0.2, -0.15) is 0 Å². The lowest BCUT2D eigenvalue weighted by Crippen LogP contribution is -2.33. The maximum absolute atomic E-state index is 12.8. The fraction of sp³-hybridized carbons (Fsp3) is 0.529. The van der Waals surface area contributed by atoms with Gasteiger partial charge in [0.1, 0.15) is 5.69 Å². The maximum atomic E-state index is 12.8. The number of rotatable bonds is 3. The van der Waals surface area contributed by atoms with Crippen molar-refractivity contribution in [1.29, 1.82) is 0 Å². The fourth-order valence-corrected chi connectivity index (χ4v) is 4.47. The third-order valence-electron chi connectivity index (χ3n) is 4.42. The minimum absolute atomic E-state index is 0.0786. The van der Waals surface area contributed by atoms with E-state index in [2.05, 4.69) is 11.9 Å². The van der Waals surface area contributed by atoms with E-state index < -0.39 is 0 Å². The van der Waals surface area contributed by atoms with Gasteiger partial charge >= 0.3 is 0 Å². The second-order valence-electron chi connectivity index (χ2n) is 6.11. The molecular weight excluding hydrogens is 294 g/mol. The van der Waals surface area contributed by atoms with Crippen LogP contribution in [0.2, 0.25) is 0 Å². The lowest BCUT2D eigenvalue weighted by atomic mass is 9.96. The van der Waals surface area contributed by atoms with Crippen LogP contribution in [-0.4, -0.2) is 27.8 Å². The number of amides is 1. The van der Waals surface area contributed by atoms with Crippen LogP contribution in [0.3, 0.4) is 0 Å². The highest BCUT2D eigenvalue weighted by atomic mass is 32.1. The molecule has 3 rings (SSSR count). The van der Waals surface area contributed by atoms with Gasteiger partial charge in [0.05, 0.1) is 21.6 Å². The summed E-state index contributed by atoms with van der Waals surface area (Å²) in [6.45, 7) is 6.11. The molecule has 1 N–H and O–H groups in total. The maximum Gasteiger partial charge on any atom is 0.270 e. The predicted octanol–water partition coefficient (Wildman–Crippen LogP) is 3.80. The van der Waals surface area contributed by atoms with Gasteiger partial charge < -0.3 is 9.88 Å². The molecule has 0 aliphatic heterocycles. The van der Waals surface area contributed by atoms with Crippen molar-refractivity contribution in [3.8, 4) is 0 Å². The number of H-pyrrole nitrogens is 1. The number of aromatic amines is 1. The van der Waals surface area contributed by atoms with Crippen LogP contribution < -0.4 is 0 Å². The van der Waals surface area contributed by atoms with Gasteiger partial charge in [-0.15, -0.1) is 11.3 Å². The van der Waals surface area contributed by atoms with Gasteiger partial charge in [0.25, 0.3) is 5.91 Å². The molecule has 0 radical (unpaired) electrons. The van der Waals surface area contributed by atoms with Crippen molar-refractivity contribution < 1.29 is 4.79 Å². The van der Waals surface area contributed by atoms with E-state index in [1.807, 2.05) is 31.9 Å². The normalized spacial score (nSPS) is 17.4. The summed E-state index contributed by atoms with van der Waals surface area (Å²) in [5.74, 6) is 0.0786. The standard InChI is InChI=1S/C17H23N3OS/c1-5-14-19-12-7-6-8-13(16(12)22-14)20(4)17(21)15-10(2)9-11(3)18-15/h9,13,18H,5-8H2,1-4H3. The zero-order valence-electron chi connectivity index (χ0n) is 13.7. The molecular formula is C17H23N3OS. The van der Waals surface area contributed by atoms with Gasteiger partial charge in [0.2, 0.25) is 0 Å². The molecule has 0 bridgehead atoms. The van der Waals surface area contributed by atoms with E-state index in [1.54, 1.807) is 11.3 Å². The highest BCUT2D eigenvalue weighted by Crippen LogP contribution is 2.38. The van der Waals surface area contributed by atoms with E-state index in [0.29, 0.717) is 5.69 Å². The van der Waals surface area contributed by atoms with Gasteiger partial charge in [-0.05, 0) is 51.2 Å². The van der Waals surface area contributed by atoms with Crippen LogP contribution in [0.4, 0.5) is 0 Å². The van der Waals surface area contributed by atoms with Gasteiger partial charge in [0, 0.05) is 12.7 Å². The van der Waals surface area contributed by atoms with Crippen molar-refractivity contribution in [2.75, 3.05) is 7.05 Å². The summed E-state index contributed by atoms with van der Waals surface area (Å²) in [5.41, 5.74) is 3.97. The van der Waals surface area contributed by atoms with Crippen molar-refractivity contribution in [2.45, 2.75) is 52.5 Å². The summed E-state index contributed by atoms with van der Waals surface area (Å²) >= 11 is 1.78. The molecule has 1 aliphatic carbocycles. The monoisotopic (exact) mass is 317 g/mol. The molecule has 4 nitrogen and oxygen atoms in total. The van der Waals surface area contributed by atoms with E-state index >= 15 is 0 Å². The Bertz CT molecular complexity index is 701. The van der Waals surface area contributed by atoms with Crippen LogP contribution in [0, 0.1) is 13.8 Å². The van der Waals surface area contributed by atoms with Crippen LogP contribution in [0.25, 0.3) is 0 Å². The minimum atomic E-state index is 0.0786. The Kier molecular flexibility index (Phi) is 4.08. The van der Waals surface area contributed by atoms with Crippen LogP contribution in [0.5, 0.6) is 0 Å². The number of carbonyl (C=O) groups excluding carboxylic acids is 1. The molecule has 1 amide bonds. The van der Waals surface area contributed by atoms with Gasteiger partial charge in [-0.3, -0.25) is 4.79 Å². The van der Waals surface area contributed by atoms with Crippen molar-refractivity contribution in [2.24, 2.45) is 0 Å². The number of hydrogen-bond acceptors (Lipinski definition) is 3. The zero-order valence-corrected chi connectivity index (χ0v) is 14.5. The lowest BCUT2D eigenvalue weighted by Gasteiger charge is -2.30. The molecule has 2 aromatic heterocycles. The van der Waals surface area contributed by atoms with Gasteiger partial charge in [0.15, 0.2) is 0 Å². The number of nitrogens with zero attached hydrogens (tertiary/aromatic N) is 2. The van der Waals surface area contributed by atoms with Gasteiger partial charge in [-0.25, -0.2) is 4.98 Å². The largest absolute Gasteiger partial charge is 0.354 e. The Labute approximate surface area is 135 Å². The van der Waals surface area contributed by atoms with E-state index in [9.17, 15) is 4.79 Å². The number of aryl methyl sites for hydroxylation is 4. The van der Waals surface area contributed by atoms with Crippen molar-refractivity contribution in [1.82, 2.24) is 14.9 Å². The first-order valence-electron chi connectivity index (χ1n) is 7.93. The lowest BCUT2D eigenvalue weighted by molar-refractivity contribution is 0.0712. The summed E-state index contributed by atoms with van der Waals surface area (Å²) in [5, 5.41) is 1.18. The van der Waals surface area contributed by atoms with Crippen LogP contribution in [0.15, 0.2) is 6.07 Å². The SMILES string of the molecule is CCc1nc2c(s1)C(N(C)C(=O)c1[nH]c(C)cc1C)CCC2. The quantitative estimate of drug-likeness (QED) is 0.936. The van der Waals surface area contributed by atoms with Crippen molar-refractivity contribution in [3.05, 3.63) is 38.6 Å². The molecule has 1 unspecified atom stereocenters. The van der Waals surface area contributed by atoms with Crippen LogP contribution >= 0.6 is 11.3 Å². The topological polar surface area (TPSA) is 49.0 Å². The Morgan fingerprint density at radius 2 is 2.27 bits per heavy atom. The summed E-state index contributed by atoms with van der Waals surface area (Å²) in [6, 6.07) is 2.19. The van der Waals surface area contributed by atoms with Crippen LogP contribution in [-0.2, 0) is 12.8 Å². The average molecular weight is 317 g/mol. The first-order valence-corrected chi connectivity index (χ1v) is 8.74. The molecule has 5 heteroatoms. The third kappa shape index (κ3) is 2.58. The zero-order chi connectivity index (χ0) is 15.9. The van der Waals surface area contributed by atoms with E-state index in [-0.39, 0.29) is 11.9 Å². The predicted molar refractivity (Wildman–Crippen MR) is 89.5 cm³/mol. The van der Waals surface area contributed by atoms with Gasteiger partial charge in [-0.1, -0.05) is 6.92 Å². The van der Waals surface area contributed by atoms with Crippen LogP contribution in [0.1, 0.15) is 63.1 Å². The summed E-state index contributed by atoms with van der Waals surface area (Å²) < 4.78 is 0. The molecule has 118 valence electrons. The summed E-state index contributed by atoms with van der Waals surface area (Å²) in [4.78, 5) is 24.0. The Hall–Kier alpha value is -1.62. The van der Waals surface area contributed by atoms with E-state index in [4.69, 9.17) is 4.98 Å². The minimum Gasteiger partial charge on any atom is -0.354 e. The Balaban J connectivity index is 1.90. The number of thiazole rings is 1. The summed E-state index contributed by atoms with van der Waals surface area (Å²) in [6.07, 6.45) is 4.15. The molecule has 22 heavy (non-hydrogen) atoms. The molecule has 0 saturated carbocycles. The molecule has 1 atom stereocenters. The number of hydrogen-bond donors (Lipinski definition) is 1. The molecule has 2 aromatic rings. The molecule has 0 aromatic carbocycles. The van der Waals surface area contributed by atoms with E-state index in [0.717, 1.165) is 36.9 Å². The smallest absolute Gasteiger partial charge is 0.270 e. The molecule has 0 spiro atoms. The second-order valence-corrected chi connectivity index (χ2v) is 7.22. The first-order chi connectivity index (χ1) is 10.5. The number of fused-ring (bicyclic) bond motifs is 1. The summed E-state index contributed by atoms with van der Waals surface area (Å²) in [7, 11) is 1.92. The Morgan fingerprint density at radius 1 is 1.50 bits per heavy atom. The van der Waals surface area contributed by atoms with E-state index in [1.165, 1.54) is 15.6 Å². The first kappa shape index (κ1) is 15.3. The fourth-order valence-electron chi connectivity index (χ4n) is 3.24. The average Bonchev–Trinajstić information content (AvgIpc) is 3.07. The highest BCUT2D eigenvalue weighted by Gasteiger charge is 2.31. The highest BCUT2D eigenvalue weighted by molar-refractivity contribution is 7.11. The van der Waals surface area contributed by atoms with Crippen molar-refractivity contribution in [3.63, 3.8) is 0 Å². The second kappa shape index (κ2) is 5.88. The molecule has 0 saturated heterocycles. The molecule has 0 fully saturated rings. The Morgan fingerprint density at radius 3 is 2.91 bits per heavy atom. The number of aromatic nitrogens is 2. The number of nitrogens with one attached hydrogen (secondary N) is 1.